The van der Waals surface area contributed by atoms with Crippen molar-refractivity contribution < 1.29 is 9.90 Å². The Kier molecular flexibility index (Phi) is 13.6. The lowest BCUT2D eigenvalue weighted by molar-refractivity contribution is -0.135. The summed E-state index contributed by atoms with van der Waals surface area (Å²) in [6, 6.07) is 0. The first-order chi connectivity index (χ1) is 4.18. The summed E-state index contributed by atoms with van der Waals surface area (Å²) in [5.41, 5.74) is 0. The zero-order valence-electron chi connectivity index (χ0n) is 5.13. The maximum absolute atomic E-state index is 9.54. The van der Waals surface area contributed by atoms with Gasteiger partial charge in [0.2, 0.25) is 0 Å². The van der Waals surface area contributed by atoms with Crippen molar-refractivity contribution in [3.05, 3.63) is 0 Å². The molecular formula is C3H11N3O2S. The average molecular weight is 153 g/mol. The van der Waals surface area contributed by atoms with E-state index in [0.29, 0.717) is 0 Å². The van der Waals surface area contributed by atoms with Crippen molar-refractivity contribution in [3.63, 3.8) is 0 Å². The molecule has 5 nitrogen and oxygen atoms in total. The third-order valence-electron chi connectivity index (χ3n) is 0.328. The number of carboxylic acid groups (broad SMARTS) is 1. The van der Waals surface area contributed by atoms with Crippen LogP contribution in [0.5, 0.6) is 0 Å². The van der Waals surface area contributed by atoms with E-state index in [4.69, 9.17) is 5.11 Å². The highest BCUT2D eigenvalue weighted by Gasteiger charge is 1.86. The number of aliphatic carboxylic acids is 1. The van der Waals surface area contributed by atoms with E-state index in [9.17, 15) is 4.79 Å². The third kappa shape index (κ3) is 34.3. The van der Waals surface area contributed by atoms with E-state index in [1.54, 1.807) is 7.05 Å². The normalized spacial score (nSPS) is 7.44. The Balaban J connectivity index is 0. The Morgan fingerprint density at radius 3 is 2.11 bits per heavy atom. The standard InChI is InChI=1S/C3H7NO2.H4N2S/c1-4-2-3(5)6;1-3-2/h4H,2H2,1H3,(H,5,6);1-2H2. The molecule has 0 heterocycles. The Morgan fingerprint density at radius 2 is 2.11 bits per heavy atom. The molecule has 6 N–H and O–H groups in total. The number of nitrogens with one attached hydrogen (secondary N) is 1. The number of nitrogens with two attached hydrogens (primary N) is 2. The molecule has 6 heteroatoms. The zero-order chi connectivity index (χ0) is 7.70. The first kappa shape index (κ1) is 11.5. The third-order valence-corrected chi connectivity index (χ3v) is 0.328. The maximum atomic E-state index is 9.54. The van der Waals surface area contributed by atoms with Crippen LogP contribution in [0.2, 0.25) is 0 Å². The van der Waals surface area contributed by atoms with Gasteiger partial charge in [-0.1, -0.05) is 0 Å². The van der Waals surface area contributed by atoms with Gasteiger partial charge in [-0.05, 0) is 19.2 Å². The van der Waals surface area contributed by atoms with Crippen molar-refractivity contribution in [2.24, 2.45) is 10.3 Å². The second kappa shape index (κ2) is 10.6. The van der Waals surface area contributed by atoms with Gasteiger partial charge in [-0.25, -0.2) is 0 Å². The molecule has 0 radical (unpaired) electrons. The van der Waals surface area contributed by atoms with Crippen molar-refractivity contribution in [2.75, 3.05) is 13.6 Å². The van der Waals surface area contributed by atoms with E-state index in [0.717, 1.165) is 12.1 Å². The molecule has 0 aromatic heterocycles. The molecule has 0 fully saturated rings. The highest BCUT2D eigenvalue weighted by molar-refractivity contribution is 7.94. The highest BCUT2D eigenvalue weighted by atomic mass is 32.2. The Hall–Kier alpha value is -0.300. The predicted octanol–water partition coefficient (Wildman–Crippen LogP) is -1.24. The number of carboxylic acids is 1. The predicted molar refractivity (Wildman–Crippen MR) is 37.5 cm³/mol. The minimum Gasteiger partial charge on any atom is -0.480 e. The van der Waals surface area contributed by atoms with Crippen LogP contribution in [0, 0.1) is 0 Å². The first-order valence-electron chi connectivity index (χ1n) is 2.11. The van der Waals surface area contributed by atoms with Crippen LogP contribution in [0.4, 0.5) is 0 Å². The van der Waals surface area contributed by atoms with E-state index in [1.807, 2.05) is 0 Å². The maximum Gasteiger partial charge on any atom is 0.317 e. The van der Waals surface area contributed by atoms with Gasteiger partial charge in [-0.2, -0.15) is 0 Å². The summed E-state index contributed by atoms with van der Waals surface area (Å²) in [5, 5.41) is 19.4. The summed E-state index contributed by atoms with van der Waals surface area (Å²) >= 11 is 0.750. The molecule has 0 rings (SSSR count). The Morgan fingerprint density at radius 1 is 1.78 bits per heavy atom. The Labute approximate surface area is 58.1 Å². The van der Waals surface area contributed by atoms with E-state index < -0.39 is 5.97 Å². The minimum absolute atomic E-state index is 0.0417. The summed E-state index contributed by atoms with van der Waals surface area (Å²) in [4.78, 5) is 9.54. The molecule has 0 atom stereocenters. The molecule has 0 aliphatic carbocycles. The monoisotopic (exact) mass is 153 g/mol. The fraction of sp³-hybridized carbons (Fsp3) is 0.667. The van der Waals surface area contributed by atoms with Crippen LogP contribution >= 0.6 is 12.1 Å². The number of hydrogen-bond acceptors (Lipinski definition) is 5. The molecule has 0 unspecified atom stereocenters. The molecule has 0 amide bonds. The number of carbonyl (C=O) groups is 1. The van der Waals surface area contributed by atoms with E-state index in [2.05, 4.69) is 15.6 Å². The number of rotatable bonds is 2. The molecule has 0 aromatic carbocycles. The summed E-state index contributed by atoms with van der Waals surface area (Å²) < 4.78 is 0. The van der Waals surface area contributed by atoms with E-state index in [1.165, 1.54) is 0 Å². The molecule has 0 bridgehead atoms. The second-order valence-electron chi connectivity index (χ2n) is 1.06. The molecule has 0 aliphatic heterocycles. The van der Waals surface area contributed by atoms with Gasteiger partial charge in [-0.3, -0.25) is 15.1 Å². The molecular weight excluding hydrogens is 142 g/mol. The Bertz CT molecular complexity index is 70.1. The van der Waals surface area contributed by atoms with E-state index >= 15 is 0 Å². The van der Waals surface area contributed by atoms with Crippen molar-refractivity contribution in [2.45, 2.75) is 0 Å². The zero-order valence-corrected chi connectivity index (χ0v) is 5.94. The lowest BCUT2D eigenvalue weighted by Gasteiger charge is -1.84. The van der Waals surface area contributed by atoms with Gasteiger partial charge in [0.25, 0.3) is 0 Å². The molecule has 56 valence electrons. The van der Waals surface area contributed by atoms with Crippen molar-refractivity contribution >= 4 is 18.1 Å². The van der Waals surface area contributed by atoms with Gasteiger partial charge < -0.3 is 10.4 Å². The average Bonchev–Trinajstić information content (AvgIpc) is 1.67. The summed E-state index contributed by atoms with van der Waals surface area (Å²) in [5.74, 6) is -0.822. The second-order valence-corrected chi connectivity index (χ2v) is 1.33. The van der Waals surface area contributed by atoms with Crippen LogP contribution in [0.3, 0.4) is 0 Å². The fourth-order valence-electron chi connectivity index (χ4n) is 0.151. The quantitative estimate of drug-likeness (QED) is 0.370. The van der Waals surface area contributed by atoms with Gasteiger partial charge >= 0.3 is 5.97 Å². The van der Waals surface area contributed by atoms with Gasteiger partial charge in [-0.15, -0.1) is 0 Å². The van der Waals surface area contributed by atoms with Crippen LogP contribution in [-0.2, 0) is 4.79 Å². The summed E-state index contributed by atoms with van der Waals surface area (Å²) in [6.07, 6.45) is 0. The minimum atomic E-state index is -0.822. The van der Waals surface area contributed by atoms with Gasteiger partial charge in [0.1, 0.15) is 0 Å². The number of hydrogen-bond donors (Lipinski definition) is 4. The van der Waals surface area contributed by atoms with Crippen LogP contribution < -0.4 is 15.6 Å². The SMILES string of the molecule is CNCC(=O)O.NSN. The molecule has 9 heavy (non-hydrogen) atoms. The van der Waals surface area contributed by atoms with Crippen molar-refractivity contribution in [1.82, 2.24) is 5.32 Å². The lowest BCUT2D eigenvalue weighted by atomic mass is 10.7. The smallest absolute Gasteiger partial charge is 0.317 e. The van der Waals surface area contributed by atoms with Crippen molar-refractivity contribution in [1.29, 1.82) is 0 Å². The summed E-state index contributed by atoms with van der Waals surface area (Å²) in [7, 11) is 1.59. The van der Waals surface area contributed by atoms with Gasteiger partial charge in [0, 0.05) is 0 Å². The topological polar surface area (TPSA) is 101 Å². The highest BCUT2D eigenvalue weighted by Crippen LogP contribution is 1.50. The lowest BCUT2D eigenvalue weighted by Crippen LogP contribution is -2.16. The van der Waals surface area contributed by atoms with Crippen LogP contribution in [-0.4, -0.2) is 24.7 Å². The molecule has 0 spiro atoms. The first-order valence-corrected chi connectivity index (χ1v) is 3.05. The molecule has 0 saturated heterocycles. The molecule has 0 saturated carbocycles. The largest absolute Gasteiger partial charge is 0.480 e. The molecule has 0 aromatic rings. The van der Waals surface area contributed by atoms with Crippen LogP contribution in [0.25, 0.3) is 0 Å². The van der Waals surface area contributed by atoms with Gasteiger partial charge in [0.05, 0.1) is 6.54 Å². The van der Waals surface area contributed by atoms with Crippen LogP contribution in [0.15, 0.2) is 0 Å². The van der Waals surface area contributed by atoms with Crippen molar-refractivity contribution in [3.8, 4) is 0 Å². The number of likely N-dealkylation sites (N-methyl/N-ethyl adjacent to an activating group) is 1. The fourth-order valence-corrected chi connectivity index (χ4v) is 0.151. The van der Waals surface area contributed by atoms with Gasteiger partial charge in [0.15, 0.2) is 0 Å². The van der Waals surface area contributed by atoms with Crippen LogP contribution in [0.1, 0.15) is 0 Å². The van der Waals surface area contributed by atoms with E-state index in [-0.39, 0.29) is 6.54 Å². The summed E-state index contributed by atoms with van der Waals surface area (Å²) in [6.45, 7) is 0.0417. The molecule has 0 aliphatic rings.